The number of pyridine rings is 1. The van der Waals surface area contributed by atoms with Crippen molar-refractivity contribution in [3.8, 4) is 0 Å². The third-order valence-electron chi connectivity index (χ3n) is 3.40. The fourth-order valence-electron chi connectivity index (χ4n) is 1.88. The van der Waals surface area contributed by atoms with Crippen LogP contribution in [0.1, 0.15) is 19.8 Å². The lowest BCUT2D eigenvalue weighted by atomic mass is 10.4. The predicted molar refractivity (Wildman–Crippen MR) is 81.8 cm³/mol. The molecule has 1 heterocycles. The van der Waals surface area contributed by atoms with E-state index in [0.29, 0.717) is 31.4 Å². The van der Waals surface area contributed by atoms with Crippen LogP contribution in [0, 0.1) is 5.92 Å². The average molecular weight is 313 g/mol. The number of rotatable bonds is 9. The highest BCUT2D eigenvalue weighted by Gasteiger charge is 2.23. The second-order valence-electron chi connectivity index (χ2n) is 5.25. The Kier molecular flexibility index (Phi) is 5.55. The molecule has 0 unspecified atom stereocenters. The summed E-state index contributed by atoms with van der Waals surface area (Å²) in [5, 5.41) is 3.01. The number of aromatic nitrogens is 1. The minimum Gasteiger partial charge on any atom is -0.380 e. The van der Waals surface area contributed by atoms with E-state index in [4.69, 9.17) is 4.74 Å². The Morgan fingerprint density at radius 1 is 1.48 bits per heavy atom. The van der Waals surface area contributed by atoms with E-state index in [2.05, 4.69) is 10.3 Å². The highest BCUT2D eigenvalue weighted by Crippen LogP contribution is 2.28. The molecular formula is C14H23N3O3S. The van der Waals surface area contributed by atoms with Gasteiger partial charge in [-0.15, -0.1) is 0 Å². The lowest BCUT2D eigenvalue weighted by molar-refractivity contribution is 0.117. The van der Waals surface area contributed by atoms with Crippen LogP contribution in [-0.2, 0) is 14.8 Å². The van der Waals surface area contributed by atoms with E-state index in [1.54, 1.807) is 13.1 Å². The van der Waals surface area contributed by atoms with Crippen LogP contribution >= 0.6 is 0 Å². The van der Waals surface area contributed by atoms with Crippen LogP contribution < -0.4 is 5.32 Å². The zero-order valence-corrected chi connectivity index (χ0v) is 13.4. The van der Waals surface area contributed by atoms with Crippen molar-refractivity contribution in [2.75, 3.05) is 38.7 Å². The average Bonchev–Trinajstić information content (AvgIpc) is 3.28. The van der Waals surface area contributed by atoms with Gasteiger partial charge in [-0.1, -0.05) is 0 Å². The molecule has 0 atom stereocenters. The first-order valence-corrected chi connectivity index (χ1v) is 8.72. The van der Waals surface area contributed by atoms with Gasteiger partial charge in [0.2, 0.25) is 10.0 Å². The quantitative estimate of drug-likeness (QED) is 0.701. The third-order valence-corrected chi connectivity index (χ3v) is 5.25. The number of ether oxygens (including phenoxy) is 1. The van der Waals surface area contributed by atoms with Gasteiger partial charge in [-0.2, -0.15) is 4.31 Å². The molecule has 1 aliphatic rings. The molecule has 1 aromatic heterocycles. The normalized spacial score (nSPS) is 15.4. The Bertz CT molecular complexity index is 558. The molecule has 0 saturated heterocycles. The molecule has 1 N–H and O–H groups in total. The SMILES string of the molecule is CCNc1cc(S(=O)(=O)N(C)CCOCC2CC2)ccn1. The zero-order valence-electron chi connectivity index (χ0n) is 12.6. The van der Waals surface area contributed by atoms with Crippen molar-refractivity contribution in [3.63, 3.8) is 0 Å². The Labute approximate surface area is 126 Å². The molecule has 1 aromatic rings. The molecule has 1 saturated carbocycles. The van der Waals surface area contributed by atoms with Crippen LogP contribution in [0.4, 0.5) is 5.82 Å². The summed E-state index contributed by atoms with van der Waals surface area (Å²) < 4.78 is 31.7. The van der Waals surface area contributed by atoms with Gasteiger partial charge in [0.25, 0.3) is 0 Å². The fraction of sp³-hybridized carbons (Fsp3) is 0.643. The van der Waals surface area contributed by atoms with E-state index in [1.807, 2.05) is 6.92 Å². The highest BCUT2D eigenvalue weighted by molar-refractivity contribution is 7.89. The van der Waals surface area contributed by atoms with Gasteiger partial charge >= 0.3 is 0 Å². The van der Waals surface area contributed by atoms with Crippen molar-refractivity contribution in [2.45, 2.75) is 24.7 Å². The number of likely N-dealkylation sites (N-methyl/N-ethyl adjacent to an activating group) is 1. The molecule has 0 aromatic carbocycles. The molecule has 6 nitrogen and oxygen atoms in total. The molecule has 0 aliphatic heterocycles. The molecule has 0 radical (unpaired) electrons. The van der Waals surface area contributed by atoms with Crippen LogP contribution in [0.15, 0.2) is 23.2 Å². The van der Waals surface area contributed by atoms with Gasteiger partial charge in [0.05, 0.1) is 11.5 Å². The largest absolute Gasteiger partial charge is 0.380 e. The molecule has 0 bridgehead atoms. The van der Waals surface area contributed by atoms with Crippen LogP contribution in [0.2, 0.25) is 0 Å². The summed E-state index contributed by atoms with van der Waals surface area (Å²) in [5.41, 5.74) is 0. The zero-order chi connectivity index (χ0) is 15.3. The maximum atomic E-state index is 12.4. The number of nitrogens with zero attached hydrogens (tertiary/aromatic N) is 2. The van der Waals surface area contributed by atoms with Crippen LogP contribution in [0.5, 0.6) is 0 Å². The van der Waals surface area contributed by atoms with Crippen LogP contribution in [0.25, 0.3) is 0 Å². The second kappa shape index (κ2) is 7.20. The second-order valence-corrected chi connectivity index (χ2v) is 7.30. The van der Waals surface area contributed by atoms with E-state index in [1.165, 1.54) is 29.4 Å². The summed E-state index contributed by atoms with van der Waals surface area (Å²) in [6.07, 6.45) is 3.97. The van der Waals surface area contributed by atoms with Gasteiger partial charge in [-0.25, -0.2) is 13.4 Å². The lowest BCUT2D eigenvalue weighted by Crippen LogP contribution is -2.30. The van der Waals surface area contributed by atoms with Gasteiger partial charge < -0.3 is 10.1 Å². The minimum atomic E-state index is -3.49. The Morgan fingerprint density at radius 2 is 2.24 bits per heavy atom. The number of sulfonamides is 1. The van der Waals surface area contributed by atoms with Gasteiger partial charge in [0, 0.05) is 39.0 Å². The minimum absolute atomic E-state index is 0.248. The summed E-state index contributed by atoms with van der Waals surface area (Å²) in [6, 6.07) is 3.07. The van der Waals surface area contributed by atoms with Crippen LogP contribution in [0.3, 0.4) is 0 Å². The molecule has 0 spiro atoms. The Balaban J connectivity index is 1.93. The van der Waals surface area contributed by atoms with E-state index < -0.39 is 10.0 Å². The highest BCUT2D eigenvalue weighted by atomic mass is 32.2. The Hall–Kier alpha value is -1.18. The number of hydrogen-bond acceptors (Lipinski definition) is 5. The molecular weight excluding hydrogens is 290 g/mol. The fourth-order valence-corrected chi connectivity index (χ4v) is 3.05. The third kappa shape index (κ3) is 4.66. The van der Waals surface area contributed by atoms with Crippen molar-refractivity contribution >= 4 is 15.8 Å². The molecule has 1 fully saturated rings. The summed E-state index contributed by atoms with van der Waals surface area (Å²) in [5.74, 6) is 1.26. The van der Waals surface area contributed by atoms with E-state index in [-0.39, 0.29) is 4.90 Å². The predicted octanol–water partition coefficient (Wildman–Crippen LogP) is 1.56. The summed E-state index contributed by atoms with van der Waals surface area (Å²) in [4.78, 5) is 4.33. The van der Waals surface area contributed by atoms with Crippen molar-refractivity contribution in [1.82, 2.24) is 9.29 Å². The van der Waals surface area contributed by atoms with E-state index >= 15 is 0 Å². The maximum Gasteiger partial charge on any atom is 0.243 e. The molecule has 21 heavy (non-hydrogen) atoms. The summed E-state index contributed by atoms with van der Waals surface area (Å²) in [7, 11) is -1.92. The van der Waals surface area contributed by atoms with Crippen molar-refractivity contribution < 1.29 is 13.2 Å². The first-order chi connectivity index (χ1) is 10.0. The monoisotopic (exact) mass is 313 g/mol. The molecule has 2 rings (SSSR count). The number of anilines is 1. The molecule has 7 heteroatoms. The molecule has 1 aliphatic carbocycles. The van der Waals surface area contributed by atoms with Crippen molar-refractivity contribution in [2.24, 2.45) is 5.92 Å². The smallest absolute Gasteiger partial charge is 0.243 e. The van der Waals surface area contributed by atoms with E-state index in [9.17, 15) is 8.42 Å². The first-order valence-electron chi connectivity index (χ1n) is 7.28. The van der Waals surface area contributed by atoms with Gasteiger partial charge in [-0.05, 0) is 31.7 Å². The van der Waals surface area contributed by atoms with Crippen molar-refractivity contribution in [3.05, 3.63) is 18.3 Å². The topological polar surface area (TPSA) is 71.5 Å². The Morgan fingerprint density at radius 3 is 2.90 bits per heavy atom. The number of nitrogens with one attached hydrogen (secondary N) is 1. The molecule has 118 valence electrons. The maximum absolute atomic E-state index is 12.4. The van der Waals surface area contributed by atoms with E-state index in [0.717, 1.165) is 6.61 Å². The first kappa shape index (κ1) is 16.2. The number of hydrogen-bond donors (Lipinski definition) is 1. The summed E-state index contributed by atoms with van der Waals surface area (Å²) in [6.45, 7) is 4.16. The van der Waals surface area contributed by atoms with Crippen molar-refractivity contribution in [1.29, 1.82) is 0 Å². The van der Waals surface area contributed by atoms with Crippen LogP contribution in [-0.4, -0.2) is 51.1 Å². The van der Waals surface area contributed by atoms with Gasteiger partial charge in [-0.3, -0.25) is 0 Å². The standard InChI is InChI=1S/C14H23N3O3S/c1-3-15-14-10-13(6-7-16-14)21(18,19)17(2)8-9-20-11-12-4-5-12/h6-7,10,12H,3-5,8-9,11H2,1-2H3,(H,15,16). The lowest BCUT2D eigenvalue weighted by Gasteiger charge is -2.17. The molecule has 0 amide bonds. The van der Waals surface area contributed by atoms with Gasteiger partial charge in [0.1, 0.15) is 5.82 Å². The summed E-state index contributed by atoms with van der Waals surface area (Å²) >= 11 is 0. The van der Waals surface area contributed by atoms with Gasteiger partial charge in [0.15, 0.2) is 0 Å².